The van der Waals surface area contributed by atoms with Crippen molar-refractivity contribution in [1.82, 2.24) is 10.6 Å². The fourth-order valence-corrected chi connectivity index (χ4v) is 11.8. The van der Waals surface area contributed by atoms with Crippen LogP contribution in [-0.4, -0.2) is 31.3 Å². The molecule has 2 heterocycles. The number of hydrogen-bond acceptors (Lipinski definition) is 2. The molecule has 6 aliphatic rings. The maximum Gasteiger partial charge on any atom is 2.00 e. The van der Waals surface area contributed by atoms with Crippen molar-refractivity contribution < 1.29 is 17.1 Å². The van der Waals surface area contributed by atoms with E-state index in [1.54, 1.807) is 16.7 Å². The van der Waals surface area contributed by atoms with E-state index in [1.807, 2.05) is 30.3 Å². The van der Waals surface area contributed by atoms with Gasteiger partial charge in [-0.25, -0.2) is 18.2 Å². The Morgan fingerprint density at radius 3 is 1.93 bits per heavy atom. The topological polar surface area (TPSA) is 24.1 Å². The van der Waals surface area contributed by atoms with Gasteiger partial charge in [-0.1, -0.05) is 51.9 Å². The van der Waals surface area contributed by atoms with Crippen LogP contribution >= 0.6 is 18.5 Å². The van der Waals surface area contributed by atoms with Gasteiger partial charge in [-0.05, 0) is 93.3 Å². The summed E-state index contributed by atoms with van der Waals surface area (Å²) in [5, 5.41) is 8.21. The van der Waals surface area contributed by atoms with E-state index in [-0.39, 0.29) is 27.6 Å². The van der Waals surface area contributed by atoms with Crippen LogP contribution in [0.2, 0.25) is 0 Å². The van der Waals surface area contributed by atoms with E-state index >= 15 is 0 Å². The number of rotatable bonds is 5. The molecular weight excluding hydrogens is 578 g/mol. The Balaban J connectivity index is 0.000000510. The number of piperidine rings is 2. The number of hydrogen-bond donors (Lipinski definition) is 2. The second-order valence-corrected chi connectivity index (χ2v) is 16.8. The van der Waals surface area contributed by atoms with Gasteiger partial charge in [0.05, 0.1) is 0 Å². The summed E-state index contributed by atoms with van der Waals surface area (Å²) in [5.41, 5.74) is 5.69. The first kappa shape index (κ1) is 32.4. The molecule has 0 amide bonds. The van der Waals surface area contributed by atoms with Gasteiger partial charge in [-0.2, -0.15) is 41.0 Å². The van der Waals surface area contributed by atoms with Crippen LogP contribution in [-0.2, 0) is 33.1 Å². The van der Waals surface area contributed by atoms with Crippen molar-refractivity contribution >= 4 is 18.5 Å². The Morgan fingerprint density at radius 1 is 0.902 bits per heavy atom. The van der Waals surface area contributed by atoms with Crippen molar-refractivity contribution in [3.8, 4) is 0 Å². The second-order valence-electron chi connectivity index (χ2n) is 15.3. The molecule has 4 bridgehead atoms. The standard InChI is InChI=1S/C31H51N2P2.C5H5.Fe/c1-29(2,3)23-15-24(30-17-20-12-21(18-30)14-22(13-20)26(30)19-34)25(16-23)31(35,27-8-4-6-10-32-27)28-9-5-7-11-33-28;1-2-4-5-3-1;/h15-16,20-22,26-28,32-33H,4-14,17-19,34-35H2,1-3H3;1-5H;/q2*-1;+2. The van der Waals surface area contributed by atoms with Gasteiger partial charge in [0.15, 0.2) is 0 Å². The molecule has 228 valence electrons. The van der Waals surface area contributed by atoms with Crippen LogP contribution in [0.15, 0.2) is 42.5 Å². The van der Waals surface area contributed by atoms with E-state index in [4.69, 9.17) is 0 Å². The molecule has 0 aromatic heterocycles. The van der Waals surface area contributed by atoms with E-state index in [0.717, 1.165) is 23.7 Å². The summed E-state index contributed by atoms with van der Waals surface area (Å²) in [6.07, 6.45) is 16.8. The fraction of sp³-hybridized carbons (Fsp3) is 0.722. The van der Waals surface area contributed by atoms with Crippen LogP contribution in [0, 0.1) is 23.7 Å². The quantitative estimate of drug-likeness (QED) is 0.198. The molecule has 41 heavy (non-hydrogen) atoms. The van der Waals surface area contributed by atoms with Gasteiger partial charge in [0.25, 0.3) is 0 Å². The smallest absolute Gasteiger partial charge is 0.313 e. The molecule has 7 atom stereocenters. The summed E-state index contributed by atoms with van der Waals surface area (Å²) in [5.74, 6) is 3.75. The van der Waals surface area contributed by atoms with Crippen LogP contribution in [0.1, 0.15) is 108 Å². The minimum absolute atomic E-state index is 0. The van der Waals surface area contributed by atoms with Gasteiger partial charge in [0, 0.05) is 17.2 Å². The zero-order valence-corrected chi connectivity index (χ0v) is 29.3. The zero-order chi connectivity index (χ0) is 28.0. The Labute approximate surface area is 266 Å². The minimum atomic E-state index is 0. The number of nitrogens with one attached hydrogen (secondary N) is 2. The third-order valence-electron chi connectivity index (χ3n) is 11.9. The maximum atomic E-state index is 4.06. The van der Waals surface area contributed by atoms with E-state index in [2.05, 4.69) is 62.0 Å². The van der Waals surface area contributed by atoms with Gasteiger partial charge in [0.2, 0.25) is 0 Å². The van der Waals surface area contributed by atoms with Gasteiger partial charge < -0.3 is 10.6 Å². The molecule has 4 saturated carbocycles. The summed E-state index contributed by atoms with van der Waals surface area (Å²) in [4.78, 5) is 0. The van der Waals surface area contributed by atoms with Crippen molar-refractivity contribution in [3.05, 3.63) is 59.2 Å². The SMILES string of the molecule is CC(C)(C)c1cc(C23CC4CC(CC(C4)C2CP)C3)c(C(P)(C2CCCCN2)C2CCCCN2)[cH-]1.[Fe+2].c1cc[cH-]c1. The van der Waals surface area contributed by atoms with Gasteiger partial charge in [-0.15, -0.1) is 18.5 Å². The molecule has 8 rings (SSSR count). The molecular formula is C36H56FeN2P2. The molecule has 2 N–H and O–H groups in total. The second kappa shape index (κ2) is 13.2. The first-order chi connectivity index (χ1) is 19.3. The third-order valence-corrected chi connectivity index (χ3v) is 13.5. The molecule has 2 aliphatic heterocycles. The average molecular weight is 635 g/mol. The maximum absolute atomic E-state index is 4.06. The first-order valence-corrected chi connectivity index (χ1v) is 18.1. The van der Waals surface area contributed by atoms with E-state index in [1.165, 1.54) is 89.9 Å². The summed E-state index contributed by atoms with van der Waals surface area (Å²) in [7, 11) is 6.76. The summed E-state index contributed by atoms with van der Waals surface area (Å²) in [6.45, 7) is 9.67. The molecule has 5 heteroatoms. The van der Waals surface area contributed by atoms with E-state index < -0.39 is 0 Å². The van der Waals surface area contributed by atoms with E-state index in [9.17, 15) is 0 Å². The normalized spacial score (nSPS) is 36.1. The van der Waals surface area contributed by atoms with Crippen LogP contribution in [0.4, 0.5) is 0 Å². The van der Waals surface area contributed by atoms with Gasteiger partial charge >= 0.3 is 17.1 Å². The largest absolute Gasteiger partial charge is 2.00 e. The van der Waals surface area contributed by atoms with Crippen LogP contribution in [0.5, 0.6) is 0 Å². The molecule has 2 nitrogen and oxygen atoms in total. The molecule has 6 fully saturated rings. The van der Waals surface area contributed by atoms with E-state index in [0.29, 0.717) is 17.5 Å². The Hall–Kier alpha value is -0.000519. The monoisotopic (exact) mass is 634 g/mol. The summed E-state index contributed by atoms with van der Waals surface area (Å²) < 4.78 is 0. The molecule has 4 aliphatic carbocycles. The Morgan fingerprint density at radius 2 is 1.49 bits per heavy atom. The molecule has 2 saturated heterocycles. The zero-order valence-electron chi connectivity index (χ0n) is 25.9. The first-order valence-electron chi connectivity index (χ1n) is 16.7. The molecule has 2 aromatic carbocycles. The molecule has 0 spiro atoms. The predicted molar refractivity (Wildman–Crippen MR) is 179 cm³/mol. The van der Waals surface area contributed by atoms with Crippen molar-refractivity contribution in [2.24, 2.45) is 23.7 Å². The van der Waals surface area contributed by atoms with Crippen LogP contribution < -0.4 is 10.6 Å². The molecule has 7 unspecified atom stereocenters. The Bertz CT molecular complexity index is 1040. The van der Waals surface area contributed by atoms with Crippen LogP contribution in [0.25, 0.3) is 0 Å². The summed E-state index contributed by atoms with van der Waals surface area (Å²) >= 11 is 0. The Kier molecular flexibility index (Phi) is 10.4. The fourth-order valence-electron chi connectivity index (χ4n) is 10.2. The average Bonchev–Trinajstić information content (AvgIpc) is 3.68. The molecule has 0 radical (unpaired) electrons. The van der Waals surface area contributed by atoms with Crippen molar-refractivity contribution in [2.75, 3.05) is 19.3 Å². The van der Waals surface area contributed by atoms with Crippen molar-refractivity contribution in [3.63, 3.8) is 0 Å². The summed E-state index contributed by atoms with van der Waals surface area (Å²) in [6, 6.07) is 16.6. The minimum Gasteiger partial charge on any atom is -0.313 e. The van der Waals surface area contributed by atoms with Gasteiger partial charge in [0.1, 0.15) is 0 Å². The molecule has 2 aromatic rings. The van der Waals surface area contributed by atoms with Crippen molar-refractivity contribution in [2.45, 2.75) is 119 Å². The third kappa shape index (κ3) is 6.14. The predicted octanol–water partition coefficient (Wildman–Crippen LogP) is 8.03. The van der Waals surface area contributed by atoms with Crippen LogP contribution in [0.3, 0.4) is 0 Å². The van der Waals surface area contributed by atoms with Crippen molar-refractivity contribution in [1.29, 1.82) is 0 Å². The van der Waals surface area contributed by atoms with Gasteiger partial charge in [-0.3, -0.25) is 0 Å².